The molecule has 2 heterocycles. The zero-order valence-corrected chi connectivity index (χ0v) is 16.8. The number of carbonyl (C=O) groups is 1. The topological polar surface area (TPSA) is 141 Å². The summed E-state index contributed by atoms with van der Waals surface area (Å²) in [4.78, 5) is 25.5. The molecule has 9 heteroatoms. The van der Waals surface area contributed by atoms with E-state index >= 15 is 0 Å². The molecule has 0 aliphatic carbocycles. The Morgan fingerprint density at radius 1 is 1.13 bits per heavy atom. The van der Waals surface area contributed by atoms with Crippen LogP contribution in [0.4, 0.5) is 17.2 Å². The third-order valence-corrected chi connectivity index (χ3v) is 4.39. The Labute approximate surface area is 174 Å². The first-order valence-electron chi connectivity index (χ1n) is 9.52. The largest absolute Gasteiger partial charge is 0.383 e. The van der Waals surface area contributed by atoms with Crippen molar-refractivity contribution >= 4 is 23.1 Å². The summed E-state index contributed by atoms with van der Waals surface area (Å²) < 4.78 is 5.04. The molecule has 0 fully saturated rings. The molecule has 0 saturated carbocycles. The number of methoxy groups -OCH3 is 1. The number of amides is 1. The lowest BCUT2D eigenvalue weighted by atomic mass is 10.1. The molecule has 3 aromatic rings. The average molecular weight is 407 g/mol. The predicted octanol–water partition coefficient (Wildman–Crippen LogP) is 1.93. The molecule has 0 aliphatic heterocycles. The Bertz CT molecular complexity index is 993. The number of ether oxygens (including phenoxy) is 1. The first-order chi connectivity index (χ1) is 14.6. The maximum Gasteiger partial charge on any atom is 0.278 e. The van der Waals surface area contributed by atoms with Crippen LogP contribution in [0.25, 0.3) is 11.3 Å². The molecule has 2 aromatic heterocycles. The van der Waals surface area contributed by atoms with E-state index in [2.05, 4.69) is 25.6 Å². The highest BCUT2D eigenvalue weighted by molar-refractivity contribution is 6.07. The van der Waals surface area contributed by atoms with Crippen molar-refractivity contribution in [3.8, 4) is 11.3 Å². The predicted molar refractivity (Wildman–Crippen MR) is 117 cm³/mol. The number of benzene rings is 1. The van der Waals surface area contributed by atoms with Crippen LogP contribution in [0.1, 0.15) is 16.1 Å². The Morgan fingerprint density at radius 2 is 1.93 bits per heavy atom. The van der Waals surface area contributed by atoms with E-state index in [9.17, 15) is 4.79 Å². The highest BCUT2D eigenvalue weighted by Crippen LogP contribution is 2.23. The lowest BCUT2D eigenvalue weighted by Crippen LogP contribution is -2.19. The van der Waals surface area contributed by atoms with Gasteiger partial charge in [0.05, 0.1) is 36.1 Å². The van der Waals surface area contributed by atoms with Gasteiger partial charge < -0.3 is 26.8 Å². The molecule has 1 aromatic carbocycles. The normalized spacial score (nSPS) is 10.6. The number of pyridine rings is 1. The molecule has 0 saturated heterocycles. The smallest absolute Gasteiger partial charge is 0.278 e. The molecule has 156 valence electrons. The maximum atomic E-state index is 12.9. The lowest BCUT2D eigenvalue weighted by Gasteiger charge is -2.13. The SMILES string of the molecule is COCCNc1ccncc1NC(=O)c1nc(-c2ccc(CCN)cc2)cnc1N. The van der Waals surface area contributed by atoms with Gasteiger partial charge in [0.25, 0.3) is 5.91 Å². The second-order valence-electron chi connectivity index (χ2n) is 6.52. The number of nitrogen functional groups attached to an aromatic ring is 1. The maximum absolute atomic E-state index is 12.9. The molecule has 0 bridgehead atoms. The molecular formula is C21H25N7O2. The van der Waals surface area contributed by atoms with Crippen molar-refractivity contribution in [3.05, 3.63) is 60.2 Å². The second-order valence-corrected chi connectivity index (χ2v) is 6.52. The van der Waals surface area contributed by atoms with E-state index in [1.807, 2.05) is 24.3 Å². The van der Waals surface area contributed by atoms with Crippen molar-refractivity contribution in [1.29, 1.82) is 0 Å². The first kappa shape index (κ1) is 21.2. The summed E-state index contributed by atoms with van der Waals surface area (Å²) in [6.07, 6.45) is 5.53. The van der Waals surface area contributed by atoms with Crippen molar-refractivity contribution in [3.63, 3.8) is 0 Å². The van der Waals surface area contributed by atoms with E-state index < -0.39 is 5.91 Å². The summed E-state index contributed by atoms with van der Waals surface area (Å²) in [5, 5.41) is 5.98. The number of hydrogen-bond donors (Lipinski definition) is 4. The molecule has 0 spiro atoms. The van der Waals surface area contributed by atoms with E-state index in [1.54, 1.807) is 31.8 Å². The van der Waals surface area contributed by atoms with Crippen molar-refractivity contribution < 1.29 is 9.53 Å². The number of carbonyl (C=O) groups excluding carboxylic acids is 1. The van der Waals surface area contributed by atoms with E-state index in [-0.39, 0.29) is 11.5 Å². The van der Waals surface area contributed by atoms with Crippen molar-refractivity contribution in [2.24, 2.45) is 5.73 Å². The van der Waals surface area contributed by atoms with Crippen molar-refractivity contribution in [2.45, 2.75) is 6.42 Å². The number of rotatable bonds is 9. The van der Waals surface area contributed by atoms with E-state index in [1.165, 1.54) is 0 Å². The van der Waals surface area contributed by atoms with Gasteiger partial charge in [-0.2, -0.15) is 0 Å². The van der Waals surface area contributed by atoms with Crippen LogP contribution in [0.5, 0.6) is 0 Å². The lowest BCUT2D eigenvalue weighted by molar-refractivity contribution is 0.102. The minimum Gasteiger partial charge on any atom is -0.383 e. The third kappa shape index (κ3) is 5.28. The third-order valence-electron chi connectivity index (χ3n) is 4.39. The van der Waals surface area contributed by atoms with Gasteiger partial charge in [-0.25, -0.2) is 9.97 Å². The van der Waals surface area contributed by atoms with E-state index in [0.29, 0.717) is 36.8 Å². The number of nitrogens with two attached hydrogens (primary N) is 2. The minimum atomic E-state index is -0.468. The fourth-order valence-corrected chi connectivity index (χ4v) is 2.83. The van der Waals surface area contributed by atoms with Crippen LogP contribution >= 0.6 is 0 Å². The summed E-state index contributed by atoms with van der Waals surface area (Å²) in [7, 11) is 1.62. The van der Waals surface area contributed by atoms with E-state index in [0.717, 1.165) is 17.5 Å². The van der Waals surface area contributed by atoms with Gasteiger partial charge in [-0.1, -0.05) is 24.3 Å². The number of hydrogen-bond acceptors (Lipinski definition) is 8. The Morgan fingerprint density at radius 3 is 2.67 bits per heavy atom. The molecule has 0 aliphatic rings. The standard InChI is InChI=1S/C21H25N7O2/c1-30-11-10-25-16-7-9-24-12-18(16)28-21(29)19-20(23)26-13-17(27-19)15-4-2-14(3-5-15)6-8-22/h2-5,7,9,12-13H,6,8,10-11,22H2,1H3,(H2,23,26)(H,24,25)(H,28,29). The summed E-state index contributed by atoms with van der Waals surface area (Å²) in [5.74, 6) is -0.418. The molecule has 0 atom stereocenters. The Balaban J connectivity index is 1.81. The van der Waals surface area contributed by atoms with Crippen LogP contribution in [0.2, 0.25) is 0 Å². The van der Waals surface area contributed by atoms with Crippen LogP contribution in [0.15, 0.2) is 48.9 Å². The number of anilines is 3. The molecule has 6 N–H and O–H groups in total. The number of nitrogens with zero attached hydrogens (tertiary/aromatic N) is 3. The summed E-state index contributed by atoms with van der Waals surface area (Å²) in [6.45, 7) is 1.70. The summed E-state index contributed by atoms with van der Waals surface area (Å²) >= 11 is 0. The Hall–Kier alpha value is -3.56. The molecule has 0 unspecified atom stereocenters. The van der Waals surface area contributed by atoms with E-state index in [4.69, 9.17) is 16.2 Å². The summed E-state index contributed by atoms with van der Waals surface area (Å²) in [6, 6.07) is 9.57. The minimum absolute atomic E-state index is 0.0465. The van der Waals surface area contributed by atoms with Gasteiger partial charge in [0.1, 0.15) is 0 Å². The van der Waals surface area contributed by atoms with Crippen LogP contribution in [0, 0.1) is 0 Å². The van der Waals surface area contributed by atoms with Gasteiger partial charge >= 0.3 is 0 Å². The van der Waals surface area contributed by atoms with Gasteiger partial charge in [0, 0.05) is 25.4 Å². The van der Waals surface area contributed by atoms with Crippen LogP contribution in [-0.2, 0) is 11.2 Å². The van der Waals surface area contributed by atoms with Crippen LogP contribution in [0.3, 0.4) is 0 Å². The molecule has 1 amide bonds. The Kier molecular flexibility index (Phi) is 7.25. The highest BCUT2D eigenvalue weighted by atomic mass is 16.5. The zero-order chi connectivity index (χ0) is 21.3. The van der Waals surface area contributed by atoms with Gasteiger partial charge in [-0.3, -0.25) is 9.78 Å². The van der Waals surface area contributed by atoms with Crippen LogP contribution < -0.4 is 22.1 Å². The number of nitrogens with one attached hydrogen (secondary N) is 2. The quantitative estimate of drug-likeness (QED) is 0.394. The monoisotopic (exact) mass is 407 g/mol. The molecule has 3 rings (SSSR count). The molecule has 0 radical (unpaired) electrons. The van der Waals surface area contributed by atoms with Crippen molar-refractivity contribution in [1.82, 2.24) is 15.0 Å². The fourth-order valence-electron chi connectivity index (χ4n) is 2.83. The van der Waals surface area contributed by atoms with Gasteiger partial charge in [-0.05, 0) is 24.6 Å². The average Bonchev–Trinajstić information content (AvgIpc) is 2.76. The van der Waals surface area contributed by atoms with Crippen LogP contribution in [-0.4, -0.2) is 47.7 Å². The van der Waals surface area contributed by atoms with Gasteiger partial charge in [0.2, 0.25) is 0 Å². The molecule has 9 nitrogen and oxygen atoms in total. The highest BCUT2D eigenvalue weighted by Gasteiger charge is 2.16. The zero-order valence-electron chi connectivity index (χ0n) is 16.8. The van der Waals surface area contributed by atoms with Gasteiger partial charge in [-0.15, -0.1) is 0 Å². The molecule has 30 heavy (non-hydrogen) atoms. The summed E-state index contributed by atoms with van der Waals surface area (Å²) in [5.41, 5.74) is 15.3. The number of aromatic nitrogens is 3. The molecular weight excluding hydrogens is 382 g/mol. The van der Waals surface area contributed by atoms with Gasteiger partial charge in [0.15, 0.2) is 11.5 Å². The second kappa shape index (κ2) is 10.3. The van der Waals surface area contributed by atoms with Crippen molar-refractivity contribution in [2.75, 3.05) is 43.2 Å². The fraction of sp³-hybridized carbons (Fsp3) is 0.238. The first-order valence-corrected chi connectivity index (χ1v) is 9.52.